The van der Waals surface area contributed by atoms with Crippen molar-refractivity contribution in [3.8, 4) is 0 Å². The first-order valence-electron chi connectivity index (χ1n) is 4.13. The number of ketones is 1. The molecule has 0 heterocycles. The first-order chi connectivity index (χ1) is 6.93. The van der Waals surface area contributed by atoms with Crippen LogP contribution in [0.4, 0.5) is 8.78 Å². The van der Waals surface area contributed by atoms with E-state index in [-0.39, 0.29) is 5.56 Å². The third kappa shape index (κ3) is 2.83. The Kier molecular flexibility index (Phi) is 3.14. The molecule has 3 nitrogen and oxygen atoms in total. The van der Waals surface area contributed by atoms with Crippen molar-refractivity contribution in [2.45, 2.75) is 12.3 Å². The number of Topliss-reactive ketones (excluding diaryl/α,β-unsaturated/α-hetero) is 1. The van der Waals surface area contributed by atoms with Crippen molar-refractivity contribution in [2.24, 2.45) is 0 Å². The number of carbonyl (C=O) groups excluding carboxylic acids is 1. The van der Waals surface area contributed by atoms with Crippen LogP contribution in [0, 0.1) is 0 Å². The first-order valence-corrected chi connectivity index (χ1v) is 4.13. The molecule has 0 saturated heterocycles. The third-order valence-electron chi connectivity index (χ3n) is 1.82. The lowest BCUT2D eigenvalue weighted by atomic mass is 10.0. The van der Waals surface area contributed by atoms with Crippen molar-refractivity contribution >= 4 is 11.8 Å². The number of carboxylic acids is 1. The van der Waals surface area contributed by atoms with E-state index in [0.717, 1.165) is 12.1 Å². The normalized spacial score (nSPS) is 11.1. The molecule has 0 amide bonds. The molecule has 1 rings (SSSR count). The lowest BCUT2D eigenvalue weighted by molar-refractivity contribution is -0.152. The van der Waals surface area contributed by atoms with Gasteiger partial charge in [0.15, 0.2) is 0 Å². The number of halogens is 2. The summed E-state index contributed by atoms with van der Waals surface area (Å²) in [5.74, 6) is -6.77. The average Bonchev–Trinajstić information content (AvgIpc) is 2.18. The molecule has 0 spiro atoms. The number of aliphatic carboxylic acids is 1. The highest BCUT2D eigenvalue weighted by Gasteiger charge is 2.36. The first kappa shape index (κ1) is 11.3. The van der Waals surface area contributed by atoms with Gasteiger partial charge in [-0.1, -0.05) is 30.3 Å². The molecule has 0 bridgehead atoms. The largest absolute Gasteiger partial charge is 0.475 e. The molecule has 1 N–H and O–H groups in total. The summed E-state index contributed by atoms with van der Waals surface area (Å²) < 4.78 is 26.6. The number of hydrogen-bond donors (Lipinski definition) is 1. The van der Waals surface area contributed by atoms with Gasteiger partial charge < -0.3 is 5.11 Å². The van der Waals surface area contributed by atoms with Crippen LogP contribution < -0.4 is 0 Å². The summed E-state index contributed by atoms with van der Waals surface area (Å²) in [6.45, 7) is 0. The number of benzene rings is 1. The molecule has 0 aromatic heterocycles. The van der Waals surface area contributed by atoms with Gasteiger partial charge in [0.2, 0.25) is 5.78 Å². The zero-order valence-corrected chi connectivity index (χ0v) is 7.61. The highest BCUT2D eigenvalue weighted by molar-refractivity contribution is 6.32. The van der Waals surface area contributed by atoms with E-state index in [9.17, 15) is 18.4 Å². The Bertz CT molecular complexity index is 374. The van der Waals surface area contributed by atoms with Crippen LogP contribution in [-0.2, 0) is 15.5 Å². The maximum absolute atomic E-state index is 13.3. The molecule has 0 atom stereocenters. The molecule has 15 heavy (non-hydrogen) atoms. The summed E-state index contributed by atoms with van der Waals surface area (Å²) in [7, 11) is 0. The summed E-state index contributed by atoms with van der Waals surface area (Å²) in [6.07, 6.45) is -1.31. The lowest BCUT2D eigenvalue weighted by Gasteiger charge is -2.14. The van der Waals surface area contributed by atoms with Gasteiger partial charge in [-0.25, -0.2) is 13.6 Å². The van der Waals surface area contributed by atoms with Gasteiger partial charge in [0.1, 0.15) is 0 Å². The van der Waals surface area contributed by atoms with Crippen molar-refractivity contribution in [1.29, 1.82) is 0 Å². The highest BCUT2D eigenvalue weighted by atomic mass is 19.3. The Morgan fingerprint density at radius 2 is 1.73 bits per heavy atom. The van der Waals surface area contributed by atoms with Crippen molar-refractivity contribution in [3.05, 3.63) is 35.9 Å². The van der Waals surface area contributed by atoms with Gasteiger partial charge >= 0.3 is 5.97 Å². The fraction of sp³-hybridized carbons (Fsp3) is 0.200. The van der Waals surface area contributed by atoms with Crippen LogP contribution in [0.2, 0.25) is 0 Å². The Morgan fingerprint density at radius 1 is 1.20 bits per heavy atom. The molecule has 1 aromatic rings. The quantitative estimate of drug-likeness (QED) is 0.778. The average molecular weight is 214 g/mol. The topological polar surface area (TPSA) is 54.4 Å². The smallest absolute Gasteiger partial charge is 0.372 e. The molecule has 0 aliphatic rings. The van der Waals surface area contributed by atoms with E-state index in [1.807, 2.05) is 0 Å². The fourth-order valence-electron chi connectivity index (χ4n) is 1.06. The maximum Gasteiger partial charge on any atom is 0.372 e. The zero-order chi connectivity index (χ0) is 11.5. The predicted molar refractivity (Wildman–Crippen MR) is 47.6 cm³/mol. The third-order valence-corrected chi connectivity index (χ3v) is 1.82. The SMILES string of the molecule is O=C(O)C(=O)CC(F)(F)c1ccccc1. The van der Waals surface area contributed by atoms with E-state index in [0.29, 0.717) is 0 Å². The van der Waals surface area contributed by atoms with Crippen molar-refractivity contribution in [3.63, 3.8) is 0 Å². The Hall–Kier alpha value is -1.78. The molecule has 1 aromatic carbocycles. The summed E-state index contributed by atoms with van der Waals surface area (Å²) in [5, 5.41) is 8.21. The predicted octanol–water partition coefficient (Wildman–Crippen LogP) is 1.82. The second-order valence-corrected chi connectivity index (χ2v) is 2.98. The fourth-order valence-corrected chi connectivity index (χ4v) is 1.06. The minimum atomic E-state index is -3.43. The van der Waals surface area contributed by atoms with Crippen LogP contribution in [0.5, 0.6) is 0 Å². The number of rotatable bonds is 4. The number of hydrogen-bond acceptors (Lipinski definition) is 2. The molecule has 0 aliphatic heterocycles. The van der Waals surface area contributed by atoms with Crippen molar-refractivity contribution in [1.82, 2.24) is 0 Å². The summed E-state index contributed by atoms with van der Waals surface area (Å²) >= 11 is 0. The number of carboxylic acid groups (broad SMARTS) is 1. The van der Waals surface area contributed by atoms with E-state index >= 15 is 0 Å². The van der Waals surface area contributed by atoms with Gasteiger partial charge in [-0.2, -0.15) is 0 Å². The molecule has 80 valence electrons. The van der Waals surface area contributed by atoms with Gasteiger partial charge in [-0.3, -0.25) is 4.79 Å². The van der Waals surface area contributed by atoms with E-state index in [1.54, 1.807) is 6.07 Å². The highest BCUT2D eigenvalue weighted by Crippen LogP contribution is 2.31. The van der Waals surface area contributed by atoms with Gasteiger partial charge in [-0.15, -0.1) is 0 Å². The summed E-state index contributed by atoms with van der Waals surface area (Å²) in [6, 6.07) is 6.64. The molecular weight excluding hydrogens is 206 g/mol. The second kappa shape index (κ2) is 4.16. The Balaban J connectivity index is 2.85. The number of alkyl halides is 2. The van der Waals surface area contributed by atoms with Gasteiger partial charge in [0.05, 0.1) is 6.42 Å². The van der Waals surface area contributed by atoms with Gasteiger partial charge in [0, 0.05) is 5.56 Å². The van der Waals surface area contributed by atoms with E-state index in [2.05, 4.69) is 0 Å². The van der Waals surface area contributed by atoms with Crippen LogP contribution in [0.15, 0.2) is 30.3 Å². The van der Waals surface area contributed by atoms with E-state index in [4.69, 9.17) is 5.11 Å². The molecule has 5 heteroatoms. The van der Waals surface area contributed by atoms with Crippen LogP contribution in [0.3, 0.4) is 0 Å². The minimum Gasteiger partial charge on any atom is -0.475 e. The summed E-state index contributed by atoms with van der Waals surface area (Å²) in [4.78, 5) is 20.8. The van der Waals surface area contributed by atoms with E-state index in [1.165, 1.54) is 12.1 Å². The molecule has 0 aliphatic carbocycles. The minimum absolute atomic E-state index is 0.361. The van der Waals surface area contributed by atoms with Crippen LogP contribution >= 0.6 is 0 Å². The van der Waals surface area contributed by atoms with Crippen molar-refractivity contribution < 1.29 is 23.5 Å². The van der Waals surface area contributed by atoms with Gasteiger partial charge in [-0.05, 0) is 0 Å². The Morgan fingerprint density at radius 3 is 2.20 bits per heavy atom. The van der Waals surface area contributed by atoms with Crippen LogP contribution in [0.1, 0.15) is 12.0 Å². The van der Waals surface area contributed by atoms with Crippen LogP contribution in [-0.4, -0.2) is 16.9 Å². The van der Waals surface area contributed by atoms with E-state index < -0.39 is 24.1 Å². The van der Waals surface area contributed by atoms with Gasteiger partial charge in [0.25, 0.3) is 5.92 Å². The molecule has 0 radical (unpaired) electrons. The monoisotopic (exact) mass is 214 g/mol. The molecule has 0 saturated carbocycles. The lowest BCUT2D eigenvalue weighted by Crippen LogP contribution is -2.23. The van der Waals surface area contributed by atoms with Crippen LogP contribution in [0.25, 0.3) is 0 Å². The second-order valence-electron chi connectivity index (χ2n) is 2.98. The summed E-state index contributed by atoms with van der Waals surface area (Å²) in [5.41, 5.74) is -0.361. The standard InChI is InChI=1S/C10H8F2O3/c11-10(12,6-8(13)9(14)15)7-4-2-1-3-5-7/h1-5H,6H2,(H,14,15). The number of carbonyl (C=O) groups is 2. The molecular formula is C10H8F2O3. The maximum atomic E-state index is 13.3. The zero-order valence-electron chi connectivity index (χ0n) is 7.61. The van der Waals surface area contributed by atoms with Crippen molar-refractivity contribution in [2.75, 3.05) is 0 Å². The Labute approximate surface area is 84.3 Å². The molecule has 0 fully saturated rings. The molecule has 0 unspecified atom stereocenters.